The smallest absolute Gasteiger partial charge is 0.291 e. The number of benzene rings is 1. The Balaban J connectivity index is 1.71. The van der Waals surface area contributed by atoms with E-state index in [2.05, 4.69) is 26.1 Å². The van der Waals surface area contributed by atoms with Gasteiger partial charge in [-0.2, -0.15) is 4.31 Å². The lowest BCUT2D eigenvalue weighted by Gasteiger charge is -2.24. The quantitative estimate of drug-likeness (QED) is 0.864. The molecule has 0 unspecified atom stereocenters. The van der Waals surface area contributed by atoms with Crippen molar-refractivity contribution in [2.75, 3.05) is 31.6 Å². The molecule has 3 rings (SSSR count). The number of nitrogens with one attached hydrogen (secondary N) is 1. The fraction of sp³-hybridized carbons (Fsp3) is 0.421. The number of sulfonamides is 1. The minimum Gasteiger partial charge on any atom is -0.438 e. The van der Waals surface area contributed by atoms with Gasteiger partial charge in [-0.1, -0.05) is 32.9 Å². The van der Waals surface area contributed by atoms with Gasteiger partial charge in [0.1, 0.15) is 0 Å². The number of ether oxygens (including phenoxy) is 1. The van der Waals surface area contributed by atoms with Crippen molar-refractivity contribution in [2.45, 2.75) is 31.3 Å². The maximum Gasteiger partial charge on any atom is 0.291 e. The van der Waals surface area contributed by atoms with Crippen LogP contribution in [-0.4, -0.2) is 44.9 Å². The third kappa shape index (κ3) is 4.40. The third-order valence-corrected chi connectivity index (χ3v) is 6.15. The molecule has 8 heteroatoms. The number of hydrogen-bond donors (Lipinski definition) is 1. The van der Waals surface area contributed by atoms with E-state index in [1.165, 1.54) is 16.4 Å². The average molecular weight is 392 g/mol. The SMILES string of the molecule is CC(C)(C)c1ccc(NC(=O)c2ccc(S(=O)(=O)N3CCOCC3)o2)cc1. The highest BCUT2D eigenvalue weighted by Crippen LogP contribution is 2.24. The van der Waals surface area contributed by atoms with E-state index in [1.54, 1.807) is 0 Å². The van der Waals surface area contributed by atoms with Crippen molar-refractivity contribution < 1.29 is 22.4 Å². The lowest BCUT2D eigenvalue weighted by Crippen LogP contribution is -2.40. The molecule has 1 aromatic carbocycles. The highest BCUT2D eigenvalue weighted by Gasteiger charge is 2.30. The number of hydrogen-bond acceptors (Lipinski definition) is 5. The van der Waals surface area contributed by atoms with E-state index in [9.17, 15) is 13.2 Å². The molecule has 0 radical (unpaired) electrons. The maximum absolute atomic E-state index is 12.6. The van der Waals surface area contributed by atoms with Gasteiger partial charge in [-0.25, -0.2) is 8.42 Å². The molecule has 0 saturated carbocycles. The highest BCUT2D eigenvalue weighted by molar-refractivity contribution is 7.89. The van der Waals surface area contributed by atoms with E-state index < -0.39 is 15.9 Å². The summed E-state index contributed by atoms with van der Waals surface area (Å²) >= 11 is 0. The molecule has 7 nitrogen and oxygen atoms in total. The Morgan fingerprint density at radius 3 is 2.26 bits per heavy atom. The Labute approximate surface area is 159 Å². The number of morpholine rings is 1. The maximum atomic E-state index is 12.6. The number of carbonyl (C=O) groups is 1. The van der Waals surface area contributed by atoms with Gasteiger partial charge in [0.05, 0.1) is 13.2 Å². The Hall–Kier alpha value is -2.16. The lowest BCUT2D eigenvalue weighted by molar-refractivity contribution is 0.0723. The molecule has 0 bridgehead atoms. The van der Waals surface area contributed by atoms with Crippen molar-refractivity contribution in [1.29, 1.82) is 0 Å². The van der Waals surface area contributed by atoms with Gasteiger partial charge in [-0.05, 0) is 35.2 Å². The Bertz CT molecular complexity index is 904. The summed E-state index contributed by atoms with van der Waals surface area (Å²) in [7, 11) is -3.76. The van der Waals surface area contributed by atoms with Crippen molar-refractivity contribution >= 4 is 21.6 Å². The summed E-state index contributed by atoms with van der Waals surface area (Å²) in [6.07, 6.45) is 0. The second kappa shape index (κ2) is 7.46. The average Bonchev–Trinajstić information content (AvgIpc) is 3.13. The van der Waals surface area contributed by atoms with E-state index in [4.69, 9.17) is 9.15 Å². The molecular formula is C19H24N2O5S. The molecule has 0 aliphatic carbocycles. The largest absolute Gasteiger partial charge is 0.438 e. The molecule has 146 valence electrons. The second-order valence-electron chi connectivity index (χ2n) is 7.42. The van der Waals surface area contributed by atoms with Crippen LogP contribution in [-0.2, 0) is 20.2 Å². The van der Waals surface area contributed by atoms with Gasteiger partial charge in [-0.3, -0.25) is 4.79 Å². The summed E-state index contributed by atoms with van der Waals surface area (Å²) in [5.41, 5.74) is 1.78. The van der Waals surface area contributed by atoms with E-state index in [0.717, 1.165) is 5.56 Å². The number of furan rings is 1. The molecule has 1 N–H and O–H groups in total. The van der Waals surface area contributed by atoms with Crippen LogP contribution in [0.5, 0.6) is 0 Å². The van der Waals surface area contributed by atoms with Crippen LogP contribution < -0.4 is 5.32 Å². The van der Waals surface area contributed by atoms with Crippen molar-refractivity contribution in [3.63, 3.8) is 0 Å². The monoisotopic (exact) mass is 392 g/mol. The van der Waals surface area contributed by atoms with Gasteiger partial charge < -0.3 is 14.5 Å². The summed E-state index contributed by atoms with van der Waals surface area (Å²) in [6, 6.07) is 10.2. The third-order valence-electron chi connectivity index (χ3n) is 4.38. The first-order valence-corrected chi connectivity index (χ1v) is 10.2. The zero-order valence-corrected chi connectivity index (χ0v) is 16.5. The number of anilines is 1. The van der Waals surface area contributed by atoms with Crippen LogP contribution in [0, 0.1) is 0 Å². The summed E-state index contributed by atoms with van der Waals surface area (Å²) in [5, 5.41) is 2.48. The van der Waals surface area contributed by atoms with Gasteiger partial charge >= 0.3 is 0 Å². The minimum absolute atomic E-state index is 0.0201. The summed E-state index contributed by atoms with van der Waals surface area (Å²) in [5.74, 6) is -0.552. The molecule has 2 aromatic rings. The molecule has 0 spiro atoms. The molecule has 0 atom stereocenters. The van der Waals surface area contributed by atoms with Gasteiger partial charge in [0.25, 0.3) is 15.9 Å². The van der Waals surface area contributed by atoms with Gasteiger partial charge in [0.2, 0.25) is 5.09 Å². The second-order valence-corrected chi connectivity index (χ2v) is 9.29. The predicted octanol–water partition coefficient (Wildman–Crippen LogP) is 2.85. The summed E-state index contributed by atoms with van der Waals surface area (Å²) in [6.45, 7) is 7.56. The van der Waals surface area contributed by atoms with Gasteiger partial charge in [-0.15, -0.1) is 0 Å². The molecule has 1 aliphatic rings. The van der Waals surface area contributed by atoms with Crippen LogP contribution in [0.3, 0.4) is 0 Å². The molecule has 1 saturated heterocycles. The lowest BCUT2D eigenvalue weighted by atomic mass is 9.87. The van der Waals surface area contributed by atoms with Gasteiger partial charge in [0, 0.05) is 18.8 Å². The molecule has 1 amide bonds. The summed E-state index contributed by atoms with van der Waals surface area (Å²) < 4.78 is 36.9. The van der Waals surface area contributed by atoms with Gasteiger partial charge in [0.15, 0.2) is 5.76 Å². The zero-order chi connectivity index (χ0) is 19.7. The highest BCUT2D eigenvalue weighted by atomic mass is 32.2. The van der Waals surface area contributed by atoms with Crippen molar-refractivity contribution in [2.24, 2.45) is 0 Å². The Kier molecular flexibility index (Phi) is 5.41. The van der Waals surface area contributed by atoms with Crippen molar-refractivity contribution in [3.8, 4) is 0 Å². The molecule has 1 fully saturated rings. The van der Waals surface area contributed by atoms with E-state index in [0.29, 0.717) is 18.9 Å². The van der Waals surface area contributed by atoms with Crippen molar-refractivity contribution in [3.05, 3.63) is 47.7 Å². The van der Waals surface area contributed by atoms with Crippen LogP contribution in [0.4, 0.5) is 5.69 Å². The van der Waals surface area contributed by atoms with E-state index in [1.807, 2.05) is 24.3 Å². The first-order valence-electron chi connectivity index (χ1n) is 8.77. The topological polar surface area (TPSA) is 88.9 Å². The fourth-order valence-electron chi connectivity index (χ4n) is 2.74. The fourth-order valence-corrected chi connectivity index (χ4v) is 4.06. The molecule has 2 heterocycles. The molecule has 1 aliphatic heterocycles. The van der Waals surface area contributed by atoms with Crippen LogP contribution in [0.15, 0.2) is 45.9 Å². The zero-order valence-electron chi connectivity index (χ0n) is 15.7. The standard InChI is InChI=1S/C19H24N2O5S/c1-19(2,3)14-4-6-15(7-5-14)20-18(22)16-8-9-17(26-16)27(23,24)21-10-12-25-13-11-21/h4-9H,10-13H2,1-3H3,(H,20,22). The van der Waals surface area contributed by atoms with Crippen LogP contribution >= 0.6 is 0 Å². The first-order chi connectivity index (χ1) is 12.7. The number of amides is 1. The number of rotatable bonds is 4. The Morgan fingerprint density at radius 1 is 1.04 bits per heavy atom. The predicted molar refractivity (Wildman–Crippen MR) is 101 cm³/mol. The van der Waals surface area contributed by atoms with Crippen LogP contribution in [0.1, 0.15) is 36.9 Å². The van der Waals surface area contributed by atoms with E-state index in [-0.39, 0.29) is 29.4 Å². The van der Waals surface area contributed by atoms with Crippen LogP contribution in [0.25, 0.3) is 0 Å². The Morgan fingerprint density at radius 2 is 1.67 bits per heavy atom. The van der Waals surface area contributed by atoms with Crippen LogP contribution in [0.2, 0.25) is 0 Å². The first kappa shape index (κ1) is 19.6. The molecular weight excluding hydrogens is 368 g/mol. The molecule has 27 heavy (non-hydrogen) atoms. The summed E-state index contributed by atoms with van der Waals surface area (Å²) in [4.78, 5) is 12.4. The van der Waals surface area contributed by atoms with E-state index >= 15 is 0 Å². The molecule has 1 aromatic heterocycles. The minimum atomic E-state index is -3.76. The van der Waals surface area contributed by atoms with Crippen molar-refractivity contribution in [1.82, 2.24) is 4.31 Å². The number of nitrogens with zero attached hydrogens (tertiary/aromatic N) is 1. The number of carbonyl (C=O) groups excluding carboxylic acids is 1. The normalized spacial score (nSPS) is 16.3.